The first-order valence-electron chi connectivity index (χ1n) is 10.2. The molecule has 1 unspecified atom stereocenters. The monoisotopic (exact) mass is 411 g/mol. The lowest BCUT2D eigenvalue weighted by Crippen LogP contribution is -2.28. The van der Waals surface area contributed by atoms with Gasteiger partial charge in [-0.2, -0.15) is 5.10 Å². The first kappa shape index (κ1) is 18.9. The highest BCUT2D eigenvalue weighted by molar-refractivity contribution is 6.06. The van der Waals surface area contributed by atoms with Crippen LogP contribution in [0.1, 0.15) is 36.1 Å². The number of benzene rings is 1. The van der Waals surface area contributed by atoms with Gasteiger partial charge in [0.25, 0.3) is 5.91 Å². The second-order valence-electron chi connectivity index (χ2n) is 7.30. The van der Waals surface area contributed by atoms with Crippen molar-refractivity contribution < 1.29 is 4.79 Å². The molecule has 8 nitrogen and oxygen atoms in total. The molecule has 0 aliphatic carbocycles. The minimum atomic E-state index is -0.338. The fourth-order valence-corrected chi connectivity index (χ4v) is 3.72. The molecule has 4 heterocycles. The van der Waals surface area contributed by atoms with E-state index in [1.807, 2.05) is 79.0 Å². The Morgan fingerprint density at radius 2 is 1.90 bits per heavy atom. The summed E-state index contributed by atoms with van der Waals surface area (Å²) in [5.41, 5.74) is 3.63. The molecule has 0 radical (unpaired) electrons. The Labute approximate surface area is 178 Å². The molecule has 0 aliphatic rings. The number of pyridine rings is 2. The van der Waals surface area contributed by atoms with E-state index >= 15 is 0 Å². The van der Waals surface area contributed by atoms with Crippen LogP contribution in [-0.2, 0) is 6.54 Å². The van der Waals surface area contributed by atoms with Gasteiger partial charge in [0, 0.05) is 18.3 Å². The van der Waals surface area contributed by atoms with Crippen LogP contribution in [0.3, 0.4) is 0 Å². The van der Waals surface area contributed by atoms with Crippen molar-refractivity contribution in [2.24, 2.45) is 0 Å². The maximum absolute atomic E-state index is 13.3. The standard InChI is InChI=1S/C23H21N7O/c1-3-30-22-18(14-24-30)17(13-19(26-22)16-9-5-4-6-10-16)23(31)25-15(2)21-28-27-20-11-7-8-12-29(20)21/h4-15H,3H2,1-2H3,(H,25,31). The molecule has 1 N–H and O–H groups in total. The Morgan fingerprint density at radius 1 is 1.10 bits per heavy atom. The molecule has 0 saturated carbocycles. The van der Waals surface area contributed by atoms with Crippen molar-refractivity contribution in [2.45, 2.75) is 26.4 Å². The highest BCUT2D eigenvalue weighted by atomic mass is 16.1. The van der Waals surface area contributed by atoms with Crippen molar-refractivity contribution in [1.82, 2.24) is 34.7 Å². The van der Waals surface area contributed by atoms with Crippen LogP contribution in [0.2, 0.25) is 0 Å². The van der Waals surface area contributed by atoms with E-state index in [2.05, 4.69) is 20.6 Å². The molecule has 0 aliphatic heterocycles. The average Bonchev–Trinajstić information content (AvgIpc) is 3.43. The van der Waals surface area contributed by atoms with Gasteiger partial charge in [-0.25, -0.2) is 9.67 Å². The average molecular weight is 411 g/mol. The Morgan fingerprint density at radius 3 is 2.71 bits per heavy atom. The quantitative estimate of drug-likeness (QED) is 0.477. The number of nitrogens with zero attached hydrogens (tertiary/aromatic N) is 6. The van der Waals surface area contributed by atoms with Crippen molar-refractivity contribution in [3.8, 4) is 11.3 Å². The number of aromatic nitrogens is 6. The number of rotatable bonds is 5. The Hall–Kier alpha value is -4.07. The van der Waals surface area contributed by atoms with Gasteiger partial charge in [-0.05, 0) is 32.0 Å². The van der Waals surface area contributed by atoms with E-state index in [1.165, 1.54) is 0 Å². The SMILES string of the molecule is CCn1ncc2c(C(=O)NC(C)c3nnc4ccccn34)cc(-c3ccccc3)nc21. The number of nitrogens with one attached hydrogen (secondary N) is 1. The number of aryl methyl sites for hydroxylation is 1. The summed E-state index contributed by atoms with van der Waals surface area (Å²) in [6.07, 6.45) is 3.59. The Bertz CT molecular complexity index is 1390. The minimum Gasteiger partial charge on any atom is -0.342 e. The van der Waals surface area contributed by atoms with Crippen LogP contribution in [-0.4, -0.2) is 35.3 Å². The van der Waals surface area contributed by atoms with Crippen LogP contribution in [0.5, 0.6) is 0 Å². The maximum atomic E-state index is 13.3. The smallest absolute Gasteiger partial charge is 0.252 e. The van der Waals surface area contributed by atoms with Gasteiger partial charge < -0.3 is 5.32 Å². The zero-order valence-corrected chi connectivity index (χ0v) is 17.2. The van der Waals surface area contributed by atoms with E-state index in [0.717, 1.165) is 22.3 Å². The van der Waals surface area contributed by atoms with Crippen molar-refractivity contribution in [1.29, 1.82) is 0 Å². The number of hydrogen-bond donors (Lipinski definition) is 1. The molecule has 8 heteroatoms. The number of hydrogen-bond acceptors (Lipinski definition) is 5. The van der Waals surface area contributed by atoms with E-state index in [1.54, 1.807) is 10.9 Å². The molecule has 0 spiro atoms. The molecule has 1 aromatic carbocycles. The molecule has 154 valence electrons. The molecular formula is C23H21N7O. The summed E-state index contributed by atoms with van der Waals surface area (Å²) in [5, 5.41) is 16.6. The molecule has 5 rings (SSSR count). The van der Waals surface area contributed by atoms with Crippen LogP contribution in [0.4, 0.5) is 0 Å². The third kappa shape index (κ3) is 3.31. The summed E-state index contributed by atoms with van der Waals surface area (Å²) in [7, 11) is 0. The molecule has 4 aromatic heterocycles. The van der Waals surface area contributed by atoms with Crippen molar-refractivity contribution in [3.05, 3.63) is 78.4 Å². The van der Waals surface area contributed by atoms with Gasteiger partial charge in [0.05, 0.1) is 28.9 Å². The largest absolute Gasteiger partial charge is 0.342 e. The van der Waals surface area contributed by atoms with E-state index in [0.29, 0.717) is 23.6 Å². The number of carbonyl (C=O) groups is 1. The van der Waals surface area contributed by atoms with Crippen LogP contribution >= 0.6 is 0 Å². The van der Waals surface area contributed by atoms with Crippen LogP contribution in [0.25, 0.3) is 27.9 Å². The van der Waals surface area contributed by atoms with Crippen LogP contribution in [0, 0.1) is 0 Å². The third-order valence-electron chi connectivity index (χ3n) is 5.30. The van der Waals surface area contributed by atoms with Gasteiger partial charge in [0.15, 0.2) is 17.1 Å². The summed E-state index contributed by atoms with van der Waals surface area (Å²) in [5.74, 6) is 0.460. The van der Waals surface area contributed by atoms with Gasteiger partial charge in [-0.15, -0.1) is 10.2 Å². The van der Waals surface area contributed by atoms with Gasteiger partial charge in [-0.1, -0.05) is 36.4 Å². The summed E-state index contributed by atoms with van der Waals surface area (Å²) < 4.78 is 3.67. The first-order chi connectivity index (χ1) is 15.2. The zero-order chi connectivity index (χ0) is 21.4. The first-order valence-corrected chi connectivity index (χ1v) is 10.2. The molecule has 1 amide bonds. The molecule has 0 saturated heterocycles. The lowest BCUT2D eigenvalue weighted by atomic mass is 10.1. The van der Waals surface area contributed by atoms with Gasteiger partial charge in [0.2, 0.25) is 0 Å². The lowest BCUT2D eigenvalue weighted by molar-refractivity contribution is 0.0939. The highest BCUT2D eigenvalue weighted by Crippen LogP contribution is 2.25. The van der Waals surface area contributed by atoms with E-state index in [-0.39, 0.29) is 11.9 Å². The lowest BCUT2D eigenvalue weighted by Gasteiger charge is -2.14. The summed E-state index contributed by atoms with van der Waals surface area (Å²) in [6, 6.07) is 17.0. The number of amides is 1. The number of carbonyl (C=O) groups excluding carboxylic acids is 1. The van der Waals surface area contributed by atoms with E-state index < -0.39 is 0 Å². The number of fused-ring (bicyclic) bond motifs is 2. The summed E-state index contributed by atoms with van der Waals surface area (Å²) >= 11 is 0. The molecule has 31 heavy (non-hydrogen) atoms. The summed E-state index contributed by atoms with van der Waals surface area (Å²) in [6.45, 7) is 4.56. The highest BCUT2D eigenvalue weighted by Gasteiger charge is 2.21. The van der Waals surface area contributed by atoms with Crippen LogP contribution in [0.15, 0.2) is 67.0 Å². The molecule has 1 atom stereocenters. The second-order valence-corrected chi connectivity index (χ2v) is 7.30. The molecule has 0 bridgehead atoms. The van der Waals surface area contributed by atoms with Crippen molar-refractivity contribution in [2.75, 3.05) is 0 Å². The van der Waals surface area contributed by atoms with Crippen molar-refractivity contribution >= 4 is 22.6 Å². The predicted molar refractivity (Wildman–Crippen MR) is 118 cm³/mol. The third-order valence-corrected chi connectivity index (χ3v) is 5.30. The van der Waals surface area contributed by atoms with E-state index in [4.69, 9.17) is 4.98 Å². The fourth-order valence-electron chi connectivity index (χ4n) is 3.72. The van der Waals surface area contributed by atoms with Gasteiger partial charge >= 0.3 is 0 Å². The topological polar surface area (TPSA) is 90.0 Å². The van der Waals surface area contributed by atoms with E-state index in [9.17, 15) is 4.79 Å². The Kier molecular flexibility index (Phi) is 4.66. The van der Waals surface area contributed by atoms with Crippen molar-refractivity contribution in [3.63, 3.8) is 0 Å². The molecule has 0 fully saturated rings. The fraction of sp³-hybridized carbons (Fsp3) is 0.174. The maximum Gasteiger partial charge on any atom is 0.252 e. The summed E-state index contributed by atoms with van der Waals surface area (Å²) in [4.78, 5) is 18.1. The molecule has 5 aromatic rings. The zero-order valence-electron chi connectivity index (χ0n) is 17.2. The van der Waals surface area contributed by atoms with Gasteiger partial charge in [-0.3, -0.25) is 9.20 Å². The normalized spacial score (nSPS) is 12.3. The molecular weight excluding hydrogens is 390 g/mol. The van der Waals surface area contributed by atoms with Gasteiger partial charge in [0.1, 0.15) is 0 Å². The Balaban J connectivity index is 1.55. The predicted octanol–water partition coefficient (Wildman–Crippen LogP) is 3.65. The van der Waals surface area contributed by atoms with Crippen LogP contribution < -0.4 is 5.32 Å². The second kappa shape index (κ2) is 7.64. The minimum absolute atomic E-state index is 0.208.